The van der Waals surface area contributed by atoms with Crippen molar-refractivity contribution in [2.24, 2.45) is 7.05 Å². The van der Waals surface area contributed by atoms with Gasteiger partial charge in [-0.25, -0.2) is 4.98 Å². The maximum absolute atomic E-state index is 13.7. The number of benzene rings is 1. The predicted octanol–water partition coefficient (Wildman–Crippen LogP) is 6.51. The summed E-state index contributed by atoms with van der Waals surface area (Å²) in [5.74, 6) is -0.0343. The quantitative estimate of drug-likeness (QED) is 0.129. The topological polar surface area (TPSA) is 103 Å². The SMILES string of the molecule is C=CC=C(C(=CN1CCc2cc(C(C)(C)C)ccc2C1=O)COC(C)=O)c1cc(Nc2ccc(CCCCOC)cn2)c(=O)n(C)c1. The molecule has 9 nitrogen and oxygen atoms in total. The molecule has 4 rings (SSSR count). The maximum atomic E-state index is 13.7. The number of nitrogens with zero attached hydrogens (tertiary/aromatic N) is 3. The number of nitrogens with one attached hydrogen (secondary N) is 1. The lowest BCUT2D eigenvalue weighted by Crippen LogP contribution is -2.34. The zero-order chi connectivity index (χ0) is 34.1. The van der Waals surface area contributed by atoms with Crippen molar-refractivity contribution in [3.63, 3.8) is 0 Å². The monoisotopic (exact) mass is 638 g/mol. The summed E-state index contributed by atoms with van der Waals surface area (Å²) >= 11 is 0. The second-order valence-electron chi connectivity index (χ2n) is 12.8. The first kappa shape index (κ1) is 35.1. The molecule has 0 saturated heterocycles. The zero-order valence-electron chi connectivity index (χ0n) is 28.4. The molecule has 0 atom stereocenters. The van der Waals surface area contributed by atoms with Gasteiger partial charge in [0.05, 0.1) is 0 Å². The lowest BCUT2D eigenvalue weighted by Gasteiger charge is -2.29. The van der Waals surface area contributed by atoms with Crippen LogP contribution in [0.25, 0.3) is 5.57 Å². The Hall–Kier alpha value is -4.76. The van der Waals surface area contributed by atoms with Gasteiger partial charge in [0.2, 0.25) is 0 Å². The van der Waals surface area contributed by atoms with Crippen LogP contribution in [-0.2, 0) is 39.6 Å². The number of carbonyl (C=O) groups excluding carboxylic acids is 2. The molecule has 1 aliphatic rings. The molecule has 1 N–H and O–H groups in total. The smallest absolute Gasteiger partial charge is 0.302 e. The van der Waals surface area contributed by atoms with E-state index in [1.165, 1.54) is 17.1 Å². The highest BCUT2D eigenvalue weighted by Gasteiger charge is 2.26. The van der Waals surface area contributed by atoms with E-state index in [-0.39, 0.29) is 23.5 Å². The molecule has 0 aliphatic carbocycles. The summed E-state index contributed by atoms with van der Waals surface area (Å²) in [5, 5.41) is 3.17. The molecular formula is C38H46N4O5. The molecule has 248 valence electrons. The normalized spacial score (nSPS) is 13.7. The number of hydrogen-bond donors (Lipinski definition) is 1. The van der Waals surface area contributed by atoms with Gasteiger partial charge in [0.25, 0.3) is 11.5 Å². The lowest BCUT2D eigenvalue weighted by atomic mass is 9.84. The van der Waals surface area contributed by atoms with Crippen molar-refractivity contribution in [2.45, 2.75) is 58.8 Å². The van der Waals surface area contributed by atoms with E-state index in [2.05, 4.69) is 43.7 Å². The van der Waals surface area contributed by atoms with Crippen LogP contribution in [0.5, 0.6) is 0 Å². The Balaban J connectivity index is 1.66. The average molecular weight is 639 g/mol. The molecule has 3 heterocycles. The molecule has 1 aliphatic heterocycles. The van der Waals surface area contributed by atoms with Gasteiger partial charge in [-0.15, -0.1) is 0 Å². The van der Waals surface area contributed by atoms with Gasteiger partial charge in [0.1, 0.15) is 18.1 Å². The molecule has 0 unspecified atom stereocenters. The van der Waals surface area contributed by atoms with E-state index < -0.39 is 5.97 Å². The van der Waals surface area contributed by atoms with E-state index in [4.69, 9.17) is 9.47 Å². The van der Waals surface area contributed by atoms with Crippen molar-refractivity contribution in [3.05, 3.63) is 117 Å². The van der Waals surface area contributed by atoms with Crippen molar-refractivity contribution in [3.8, 4) is 0 Å². The third kappa shape index (κ3) is 9.16. The Bertz CT molecular complexity index is 1730. The third-order valence-corrected chi connectivity index (χ3v) is 8.10. The first-order valence-electron chi connectivity index (χ1n) is 15.9. The van der Waals surface area contributed by atoms with E-state index in [9.17, 15) is 14.4 Å². The summed E-state index contributed by atoms with van der Waals surface area (Å²) in [6.07, 6.45) is 12.2. The van der Waals surface area contributed by atoms with Gasteiger partial charge in [-0.05, 0) is 71.6 Å². The predicted molar refractivity (Wildman–Crippen MR) is 187 cm³/mol. The van der Waals surface area contributed by atoms with Crippen molar-refractivity contribution >= 4 is 29.0 Å². The molecule has 3 aromatic rings. The number of esters is 1. The number of fused-ring (bicyclic) bond motifs is 1. The summed E-state index contributed by atoms with van der Waals surface area (Å²) < 4.78 is 12.1. The number of carbonyl (C=O) groups is 2. The van der Waals surface area contributed by atoms with Crippen LogP contribution in [0, 0.1) is 0 Å². The minimum Gasteiger partial charge on any atom is -0.461 e. The summed E-state index contributed by atoms with van der Waals surface area (Å²) in [7, 11) is 3.37. The van der Waals surface area contributed by atoms with Crippen LogP contribution >= 0.6 is 0 Å². The molecular weight excluding hydrogens is 592 g/mol. The number of amides is 1. The zero-order valence-corrected chi connectivity index (χ0v) is 28.4. The summed E-state index contributed by atoms with van der Waals surface area (Å²) in [5.41, 5.74) is 5.94. The number of rotatable bonds is 13. The Labute approximate surface area is 277 Å². The highest BCUT2D eigenvalue weighted by molar-refractivity contribution is 5.98. The summed E-state index contributed by atoms with van der Waals surface area (Å²) in [6, 6.07) is 11.6. The number of anilines is 2. The fourth-order valence-corrected chi connectivity index (χ4v) is 5.46. The molecule has 2 aromatic heterocycles. The second-order valence-corrected chi connectivity index (χ2v) is 12.8. The largest absolute Gasteiger partial charge is 0.461 e. The van der Waals surface area contributed by atoms with Gasteiger partial charge in [0.15, 0.2) is 0 Å². The molecule has 0 bridgehead atoms. The molecule has 1 amide bonds. The van der Waals surface area contributed by atoms with Crippen LogP contribution in [0.4, 0.5) is 11.5 Å². The number of unbranched alkanes of at least 4 members (excludes halogenated alkanes) is 1. The van der Waals surface area contributed by atoms with Crippen LogP contribution in [0.1, 0.15) is 73.1 Å². The lowest BCUT2D eigenvalue weighted by molar-refractivity contribution is -0.139. The molecule has 47 heavy (non-hydrogen) atoms. The van der Waals surface area contributed by atoms with Crippen LogP contribution in [0.3, 0.4) is 0 Å². The highest BCUT2D eigenvalue weighted by Crippen LogP contribution is 2.30. The Kier molecular flexibility index (Phi) is 11.7. The van der Waals surface area contributed by atoms with Crippen LogP contribution in [0.2, 0.25) is 0 Å². The Morgan fingerprint density at radius 2 is 1.91 bits per heavy atom. The van der Waals surface area contributed by atoms with Gasteiger partial charge in [-0.1, -0.05) is 57.7 Å². The van der Waals surface area contributed by atoms with E-state index in [0.29, 0.717) is 46.7 Å². The maximum Gasteiger partial charge on any atom is 0.302 e. The van der Waals surface area contributed by atoms with Crippen molar-refractivity contribution < 1.29 is 19.1 Å². The fraction of sp³-hybridized carbons (Fsp3) is 0.368. The van der Waals surface area contributed by atoms with E-state index in [1.807, 2.05) is 30.5 Å². The first-order chi connectivity index (χ1) is 22.4. The van der Waals surface area contributed by atoms with Crippen LogP contribution < -0.4 is 10.9 Å². The number of pyridine rings is 2. The van der Waals surface area contributed by atoms with Crippen molar-refractivity contribution in [1.29, 1.82) is 0 Å². The second kappa shape index (κ2) is 15.7. The highest BCUT2D eigenvalue weighted by atomic mass is 16.5. The van der Waals surface area contributed by atoms with Gasteiger partial charge in [0, 0.05) is 69.5 Å². The molecule has 0 spiro atoms. The van der Waals surface area contributed by atoms with E-state index in [1.54, 1.807) is 49.7 Å². The van der Waals surface area contributed by atoms with Crippen LogP contribution in [0.15, 0.2) is 84.1 Å². The minimum atomic E-state index is -0.449. The number of aryl methyl sites for hydroxylation is 2. The first-order valence-corrected chi connectivity index (χ1v) is 15.9. The van der Waals surface area contributed by atoms with Crippen LogP contribution in [-0.4, -0.2) is 53.2 Å². The molecule has 1 aromatic carbocycles. The minimum absolute atomic E-state index is 0.0240. The van der Waals surface area contributed by atoms with Gasteiger partial charge >= 0.3 is 5.97 Å². The number of ether oxygens (including phenoxy) is 2. The molecule has 0 radical (unpaired) electrons. The molecule has 9 heteroatoms. The van der Waals surface area contributed by atoms with E-state index >= 15 is 0 Å². The number of aromatic nitrogens is 2. The standard InChI is InChI=1S/C38H46N4O5/c1-8-11-32(29-21-34(37(45)41(6)23-29)40-35-16-13-27(22-39-35)12-9-10-19-46-7)30(25-47-26(2)43)24-42-18-17-28-20-31(38(3,4)5)14-15-33(28)36(42)44/h8,11,13-16,20-24H,1,9-10,12,17-19,25H2,2-7H3,(H,39,40). The number of allylic oxidation sites excluding steroid dienone is 2. The third-order valence-electron chi connectivity index (χ3n) is 8.10. The van der Waals surface area contributed by atoms with Crippen molar-refractivity contribution in [2.75, 3.05) is 32.2 Å². The number of hydrogen-bond acceptors (Lipinski definition) is 7. The molecule has 0 fully saturated rings. The van der Waals surface area contributed by atoms with Gasteiger partial charge < -0.3 is 24.3 Å². The van der Waals surface area contributed by atoms with Gasteiger partial charge in [-0.2, -0.15) is 0 Å². The fourth-order valence-electron chi connectivity index (χ4n) is 5.46. The molecule has 0 saturated carbocycles. The number of methoxy groups -OCH3 is 1. The van der Waals surface area contributed by atoms with Gasteiger partial charge in [-0.3, -0.25) is 14.4 Å². The van der Waals surface area contributed by atoms with E-state index in [0.717, 1.165) is 37.0 Å². The Morgan fingerprint density at radius 3 is 2.57 bits per heavy atom. The van der Waals surface area contributed by atoms with Crippen molar-refractivity contribution in [1.82, 2.24) is 14.5 Å². The Morgan fingerprint density at radius 1 is 1.13 bits per heavy atom. The average Bonchev–Trinajstić information content (AvgIpc) is 3.03. The summed E-state index contributed by atoms with van der Waals surface area (Å²) in [6.45, 7) is 12.8. The summed E-state index contributed by atoms with van der Waals surface area (Å²) in [4.78, 5) is 45.0.